The molecule has 0 aliphatic heterocycles. The van der Waals surface area contributed by atoms with E-state index >= 15 is 0 Å². The quantitative estimate of drug-likeness (QED) is 0.116. The third kappa shape index (κ3) is 21.6. The summed E-state index contributed by atoms with van der Waals surface area (Å²) in [6, 6.07) is 0. The van der Waals surface area contributed by atoms with Crippen LogP contribution in [0.5, 0.6) is 0 Å². The number of esters is 1. The highest BCUT2D eigenvalue weighted by Crippen LogP contribution is 2.34. The molecule has 0 aliphatic rings. The monoisotopic (exact) mass is 420 g/mol. The number of aliphatic hydroxyl groups is 1. The Bertz CT molecular complexity index is 446. The molecule has 0 saturated heterocycles. The summed E-state index contributed by atoms with van der Waals surface area (Å²) in [7, 11) is -4.28. The summed E-state index contributed by atoms with van der Waals surface area (Å²) in [6.07, 6.45) is 18.3. The van der Waals surface area contributed by atoms with Gasteiger partial charge in [0, 0.05) is 6.42 Å². The van der Waals surface area contributed by atoms with E-state index in [2.05, 4.69) is 19.1 Å². The lowest BCUT2D eigenvalue weighted by atomic mass is 10.1. The van der Waals surface area contributed by atoms with E-state index in [0.717, 1.165) is 32.1 Å². The van der Waals surface area contributed by atoms with Crippen molar-refractivity contribution in [2.24, 2.45) is 0 Å². The van der Waals surface area contributed by atoms with Crippen LogP contribution < -0.4 is 0 Å². The minimum Gasteiger partial charge on any atom is -0.463 e. The average molecular weight is 421 g/mol. The SMILES string of the molecule is CCCCCCCC/C=C/CCCCCCCC(=O)OCC(O)CP(=O)(O)O. The number of carbonyl (C=O) groups excluding carboxylic acids is 1. The Morgan fingerprint density at radius 2 is 1.39 bits per heavy atom. The summed E-state index contributed by atoms with van der Waals surface area (Å²) in [4.78, 5) is 28.9. The molecular weight excluding hydrogens is 379 g/mol. The van der Waals surface area contributed by atoms with E-state index in [1.165, 1.54) is 51.4 Å². The number of hydrogen-bond donors (Lipinski definition) is 3. The molecule has 1 atom stereocenters. The molecule has 0 saturated carbocycles. The highest BCUT2D eigenvalue weighted by Gasteiger charge is 2.20. The Morgan fingerprint density at radius 3 is 1.93 bits per heavy atom. The second-order valence-electron chi connectivity index (χ2n) is 7.52. The van der Waals surface area contributed by atoms with Gasteiger partial charge in [-0.25, -0.2) is 0 Å². The van der Waals surface area contributed by atoms with Gasteiger partial charge in [-0.2, -0.15) is 0 Å². The Hall–Kier alpha value is -0.680. The molecule has 0 rings (SSSR count). The van der Waals surface area contributed by atoms with Crippen molar-refractivity contribution in [3.63, 3.8) is 0 Å². The highest BCUT2D eigenvalue weighted by molar-refractivity contribution is 7.51. The van der Waals surface area contributed by atoms with Crippen molar-refractivity contribution in [2.45, 2.75) is 103 Å². The van der Waals surface area contributed by atoms with Crippen LogP contribution in [-0.2, 0) is 14.1 Å². The maximum atomic E-state index is 11.5. The first-order valence-electron chi connectivity index (χ1n) is 10.9. The Kier molecular flexibility index (Phi) is 17.9. The number of carbonyl (C=O) groups is 1. The summed E-state index contributed by atoms with van der Waals surface area (Å²) in [5.41, 5.74) is 0. The molecule has 28 heavy (non-hydrogen) atoms. The van der Waals surface area contributed by atoms with Gasteiger partial charge in [-0.15, -0.1) is 0 Å². The summed E-state index contributed by atoms with van der Waals surface area (Å²) < 4.78 is 15.5. The molecule has 0 bridgehead atoms. The lowest BCUT2D eigenvalue weighted by Crippen LogP contribution is -2.22. The van der Waals surface area contributed by atoms with Gasteiger partial charge < -0.3 is 19.6 Å². The molecule has 0 aromatic rings. The zero-order valence-electron chi connectivity index (χ0n) is 17.6. The molecule has 166 valence electrons. The molecule has 0 radical (unpaired) electrons. The fraction of sp³-hybridized carbons (Fsp3) is 0.857. The van der Waals surface area contributed by atoms with E-state index in [-0.39, 0.29) is 13.0 Å². The molecule has 7 heteroatoms. The van der Waals surface area contributed by atoms with Gasteiger partial charge in [0.1, 0.15) is 6.61 Å². The van der Waals surface area contributed by atoms with E-state index in [4.69, 9.17) is 14.5 Å². The second-order valence-corrected chi connectivity index (χ2v) is 9.21. The topological polar surface area (TPSA) is 104 Å². The molecule has 1 unspecified atom stereocenters. The summed E-state index contributed by atoms with van der Waals surface area (Å²) in [5.74, 6) is -0.428. The second kappa shape index (κ2) is 18.4. The third-order valence-corrected chi connectivity index (χ3v) is 5.43. The number of ether oxygens (including phenoxy) is 1. The van der Waals surface area contributed by atoms with Crippen LogP contribution in [0.2, 0.25) is 0 Å². The van der Waals surface area contributed by atoms with E-state index in [9.17, 15) is 14.5 Å². The van der Waals surface area contributed by atoms with Gasteiger partial charge in [-0.3, -0.25) is 9.36 Å². The lowest BCUT2D eigenvalue weighted by molar-refractivity contribution is -0.146. The Balaban J connectivity index is 3.37. The Labute approximate surface area is 170 Å². The van der Waals surface area contributed by atoms with Gasteiger partial charge in [0.2, 0.25) is 0 Å². The molecule has 0 amide bonds. The van der Waals surface area contributed by atoms with E-state index in [0.29, 0.717) is 0 Å². The minimum absolute atomic E-state index is 0.279. The predicted octanol–water partition coefficient (Wildman–Crippen LogP) is 5.11. The standard InChI is InChI=1S/C21H41O6P/c1-2-3-4-5-6-7-8-9-10-11-12-13-14-15-16-17-21(23)27-18-20(22)19-28(24,25)26/h9-10,20,22H,2-8,11-19H2,1H3,(H2,24,25,26)/b10-9+. The molecule has 0 spiro atoms. The van der Waals surface area contributed by atoms with Crippen LogP contribution in [-0.4, -0.2) is 39.7 Å². The van der Waals surface area contributed by atoms with Crippen molar-refractivity contribution in [3.8, 4) is 0 Å². The van der Waals surface area contributed by atoms with Crippen LogP contribution in [0.15, 0.2) is 12.2 Å². The zero-order chi connectivity index (χ0) is 21.1. The van der Waals surface area contributed by atoms with Gasteiger partial charge in [0.05, 0.1) is 12.3 Å². The molecule has 6 nitrogen and oxygen atoms in total. The van der Waals surface area contributed by atoms with Crippen LogP contribution in [0.3, 0.4) is 0 Å². The van der Waals surface area contributed by atoms with E-state index in [1.807, 2.05) is 0 Å². The minimum atomic E-state index is -4.28. The van der Waals surface area contributed by atoms with Crippen molar-refractivity contribution in [1.82, 2.24) is 0 Å². The number of unbranched alkanes of at least 4 members (excludes halogenated alkanes) is 11. The number of aliphatic hydroxyl groups excluding tert-OH is 1. The molecule has 0 fully saturated rings. The van der Waals surface area contributed by atoms with E-state index in [1.54, 1.807) is 0 Å². The number of hydrogen-bond acceptors (Lipinski definition) is 4. The van der Waals surface area contributed by atoms with Crippen LogP contribution in [0.25, 0.3) is 0 Å². The largest absolute Gasteiger partial charge is 0.463 e. The highest BCUT2D eigenvalue weighted by atomic mass is 31.2. The van der Waals surface area contributed by atoms with Gasteiger partial charge >= 0.3 is 13.6 Å². The van der Waals surface area contributed by atoms with Crippen LogP contribution in [0.1, 0.15) is 96.8 Å². The molecule has 3 N–H and O–H groups in total. The smallest absolute Gasteiger partial charge is 0.328 e. The van der Waals surface area contributed by atoms with Crippen molar-refractivity contribution < 1.29 is 29.0 Å². The third-order valence-electron chi connectivity index (χ3n) is 4.53. The molecule has 0 aliphatic carbocycles. The molecular formula is C21H41O6P. The summed E-state index contributed by atoms with van der Waals surface area (Å²) >= 11 is 0. The summed E-state index contributed by atoms with van der Waals surface area (Å²) in [5, 5.41) is 9.36. The number of allylic oxidation sites excluding steroid dienone is 2. The van der Waals surface area contributed by atoms with Crippen molar-refractivity contribution in [2.75, 3.05) is 12.8 Å². The summed E-state index contributed by atoms with van der Waals surface area (Å²) in [6.45, 7) is 1.87. The fourth-order valence-corrected chi connectivity index (χ4v) is 3.58. The first-order chi connectivity index (χ1) is 13.3. The Morgan fingerprint density at radius 1 is 0.893 bits per heavy atom. The molecule has 0 aromatic carbocycles. The van der Waals surface area contributed by atoms with Gasteiger partial charge in [0.15, 0.2) is 0 Å². The van der Waals surface area contributed by atoms with Gasteiger partial charge in [0.25, 0.3) is 0 Å². The zero-order valence-corrected chi connectivity index (χ0v) is 18.5. The maximum Gasteiger partial charge on any atom is 0.328 e. The first-order valence-corrected chi connectivity index (χ1v) is 12.7. The lowest BCUT2D eigenvalue weighted by Gasteiger charge is -2.12. The fourth-order valence-electron chi connectivity index (χ4n) is 2.93. The van der Waals surface area contributed by atoms with Crippen molar-refractivity contribution in [1.29, 1.82) is 0 Å². The first kappa shape index (κ1) is 27.3. The van der Waals surface area contributed by atoms with E-state index < -0.39 is 25.8 Å². The van der Waals surface area contributed by atoms with Gasteiger partial charge in [-0.05, 0) is 32.1 Å². The maximum absolute atomic E-state index is 11.5. The van der Waals surface area contributed by atoms with Crippen LogP contribution in [0.4, 0.5) is 0 Å². The predicted molar refractivity (Wildman–Crippen MR) is 113 cm³/mol. The van der Waals surface area contributed by atoms with Crippen LogP contribution in [0, 0.1) is 0 Å². The van der Waals surface area contributed by atoms with Crippen molar-refractivity contribution >= 4 is 13.6 Å². The normalized spacial score (nSPS) is 13.1. The average Bonchev–Trinajstić information content (AvgIpc) is 2.62. The molecule has 0 heterocycles. The van der Waals surface area contributed by atoms with Crippen LogP contribution >= 0.6 is 7.60 Å². The molecule has 0 aromatic heterocycles. The number of rotatable bonds is 19. The van der Waals surface area contributed by atoms with Crippen molar-refractivity contribution in [3.05, 3.63) is 12.2 Å². The van der Waals surface area contributed by atoms with Gasteiger partial charge in [-0.1, -0.05) is 70.4 Å².